The van der Waals surface area contributed by atoms with Crippen LogP contribution in [0.2, 0.25) is 0 Å². The highest BCUT2D eigenvalue weighted by atomic mass is 19.1. The second-order valence-electron chi connectivity index (χ2n) is 9.96. The van der Waals surface area contributed by atoms with Crippen molar-refractivity contribution < 1.29 is 14.2 Å². The number of aromatic nitrogens is 5. The molecule has 1 aromatic carbocycles. The number of pyridine rings is 1. The Hall–Kier alpha value is -3.79. The van der Waals surface area contributed by atoms with Crippen LogP contribution in [0, 0.1) is 0 Å². The van der Waals surface area contributed by atoms with Gasteiger partial charge in [0.15, 0.2) is 0 Å². The maximum Gasteiger partial charge on any atom is 0.227 e. The summed E-state index contributed by atoms with van der Waals surface area (Å²) in [7, 11) is 0. The maximum absolute atomic E-state index is 14.4. The highest BCUT2D eigenvalue weighted by molar-refractivity contribution is 5.92. The Bertz CT molecular complexity index is 1360. The second-order valence-corrected chi connectivity index (χ2v) is 9.96. The van der Waals surface area contributed by atoms with Crippen molar-refractivity contribution >= 4 is 28.4 Å². The van der Waals surface area contributed by atoms with Gasteiger partial charge >= 0.3 is 0 Å². The van der Waals surface area contributed by atoms with Crippen molar-refractivity contribution in [3.05, 3.63) is 60.9 Å². The molecule has 37 heavy (non-hydrogen) atoms. The van der Waals surface area contributed by atoms with Gasteiger partial charge in [-0.25, -0.2) is 19.3 Å². The van der Waals surface area contributed by atoms with Crippen molar-refractivity contribution in [2.75, 3.05) is 29.9 Å². The van der Waals surface area contributed by atoms with Crippen LogP contribution in [0.4, 0.5) is 22.0 Å². The maximum atomic E-state index is 14.4. The first-order chi connectivity index (χ1) is 17.8. The average Bonchev–Trinajstić information content (AvgIpc) is 3.39. The van der Waals surface area contributed by atoms with Gasteiger partial charge in [-0.2, -0.15) is 4.98 Å². The highest BCUT2D eigenvalue weighted by Crippen LogP contribution is 2.34. The van der Waals surface area contributed by atoms with E-state index in [1.165, 1.54) is 12.5 Å². The summed E-state index contributed by atoms with van der Waals surface area (Å²) in [5, 5.41) is 15.4. The van der Waals surface area contributed by atoms with Gasteiger partial charge in [0.1, 0.15) is 30.2 Å². The van der Waals surface area contributed by atoms with E-state index in [-0.39, 0.29) is 6.54 Å². The molecule has 0 bridgehead atoms. The van der Waals surface area contributed by atoms with Crippen LogP contribution in [0.5, 0.6) is 5.75 Å². The van der Waals surface area contributed by atoms with E-state index in [4.69, 9.17) is 4.74 Å². The number of anilines is 3. The number of rotatable bonds is 8. The molecule has 1 saturated heterocycles. The van der Waals surface area contributed by atoms with Crippen LogP contribution in [0.25, 0.3) is 10.8 Å². The lowest BCUT2D eigenvalue weighted by Crippen LogP contribution is -2.52. The molecule has 10 heteroatoms. The molecule has 2 N–H and O–H groups in total. The fourth-order valence-electron chi connectivity index (χ4n) is 4.50. The summed E-state index contributed by atoms with van der Waals surface area (Å²) in [6.07, 6.45) is 7.83. The molecule has 0 spiro atoms. The zero-order valence-corrected chi connectivity index (χ0v) is 21.3. The summed E-state index contributed by atoms with van der Waals surface area (Å²) in [5.41, 5.74) is -0.127. The van der Waals surface area contributed by atoms with Crippen molar-refractivity contribution in [2.45, 2.75) is 51.4 Å². The lowest BCUT2D eigenvalue weighted by atomic mass is 9.92. The Morgan fingerprint density at radius 3 is 2.81 bits per heavy atom. The van der Waals surface area contributed by atoms with Crippen LogP contribution < -0.4 is 15.0 Å². The van der Waals surface area contributed by atoms with E-state index in [1.54, 1.807) is 29.7 Å². The molecule has 194 valence electrons. The third-order valence-corrected chi connectivity index (χ3v) is 6.81. The number of hydrogen-bond acceptors (Lipinski definition) is 8. The van der Waals surface area contributed by atoms with Crippen molar-refractivity contribution in [3.8, 4) is 5.75 Å². The van der Waals surface area contributed by atoms with E-state index in [1.807, 2.05) is 29.1 Å². The summed E-state index contributed by atoms with van der Waals surface area (Å²) < 4.78 is 22.5. The van der Waals surface area contributed by atoms with Gasteiger partial charge in [-0.15, -0.1) is 0 Å². The molecule has 0 amide bonds. The number of nitrogens with one attached hydrogen (secondary N) is 1. The standard InChI is InChI=1S/C27H32FN7O2/c1-18(2)19-4-5-22(37-13-12-34-11-9-29-17-34)21-15-31-25(14-20(19)21)32-24-6-8-30-26(33-24)35-10-7-27(3,36)23(28)16-35/h4-6,8-9,11,14-15,17-18,23,36H,7,10,12-13,16H2,1-3H3,(H,30,31,32,33)/t23-,27+/m1/s1. The average molecular weight is 506 g/mol. The Morgan fingerprint density at radius 2 is 2.05 bits per heavy atom. The predicted molar refractivity (Wildman–Crippen MR) is 141 cm³/mol. The van der Waals surface area contributed by atoms with Crippen LogP contribution in [-0.4, -0.2) is 61.1 Å². The molecular weight excluding hydrogens is 473 g/mol. The fourth-order valence-corrected chi connectivity index (χ4v) is 4.50. The van der Waals surface area contributed by atoms with Gasteiger partial charge in [-0.3, -0.25) is 0 Å². The number of hydrogen-bond donors (Lipinski definition) is 2. The minimum atomic E-state index is -1.37. The number of alkyl halides is 1. The van der Waals surface area contributed by atoms with Gasteiger partial charge in [0.2, 0.25) is 5.95 Å². The Morgan fingerprint density at radius 1 is 1.19 bits per heavy atom. The molecule has 0 saturated carbocycles. The number of nitrogens with zero attached hydrogens (tertiary/aromatic N) is 6. The van der Waals surface area contributed by atoms with Crippen molar-refractivity contribution in [3.63, 3.8) is 0 Å². The van der Waals surface area contributed by atoms with Crippen LogP contribution in [0.3, 0.4) is 0 Å². The van der Waals surface area contributed by atoms with Gasteiger partial charge in [0.05, 0.1) is 25.0 Å². The fraction of sp³-hybridized carbons (Fsp3) is 0.407. The smallest absolute Gasteiger partial charge is 0.227 e. The summed E-state index contributed by atoms with van der Waals surface area (Å²) in [5.74, 6) is 2.71. The molecule has 9 nitrogen and oxygen atoms in total. The monoisotopic (exact) mass is 505 g/mol. The first-order valence-corrected chi connectivity index (χ1v) is 12.5. The third-order valence-electron chi connectivity index (χ3n) is 6.81. The first-order valence-electron chi connectivity index (χ1n) is 12.5. The van der Waals surface area contributed by atoms with Gasteiger partial charge in [-0.1, -0.05) is 19.9 Å². The molecule has 5 rings (SSSR count). The van der Waals surface area contributed by atoms with Gasteiger partial charge < -0.3 is 24.6 Å². The Kier molecular flexibility index (Phi) is 6.92. The number of benzene rings is 1. The summed E-state index contributed by atoms with van der Waals surface area (Å²) in [6, 6.07) is 7.86. The summed E-state index contributed by atoms with van der Waals surface area (Å²) in [6.45, 7) is 7.59. The van der Waals surface area contributed by atoms with Crippen molar-refractivity contribution in [2.24, 2.45) is 0 Å². The molecule has 0 radical (unpaired) electrons. The van der Waals surface area contributed by atoms with Gasteiger partial charge in [0.25, 0.3) is 0 Å². The number of halogens is 1. The quantitative estimate of drug-likeness (QED) is 0.362. The van der Waals surface area contributed by atoms with Gasteiger partial charge in [-0.05, 0) is 48.4 Å². The molecule has 1 aliphatic heterocycles. The minimum Gasteiger partial charge on any atom is -0.491 e. The van der Waals surface area contributed by atoms with Crippen LogP contribution in [0.15, 0.2) is 55.4 Å². The van der Waals surface area contributed by atoms with Crippen LogP contribution >= 0.6 is 0 Å². The molecule has 2 atom stereocenters. The molecule has 1 aliphatic rings. The number of ether oxygens (including phenoxy) is 1. The predicted octanol–water partition coefficient (Wildman–Crippen LogP) is 4.47. The summed E-state index contributed by atoms with van der Waals surface area (Å²) >= 11 is 0. The van der Waals surface area contributed by atoms with Crippen LogP contribution in [0.1, 0.15) is 38.7 Å². The lowest BCUT2D eigenvalue weighted by Gasteiger charge is -2.38. The van der Waals surface area contributed by atoms with E-state index < -0.39 is 11.8 Å². The summed E-state index contributed by atoms with van der Waals surface area (Å²) in [4.78, 5) is 19.3. The highest BCUT2D eigenvalue weighted by Gasteiger charge is 2.38. The largest absolute Gasteiger partial charge is 0.491 e. The van der Waals surface area contributed by atoms with Crippen molar-refractivity contribution in [1.29, 1.82) is 0 Å². The zero-order chi connectivity index (χ0) is 26.0. The molecule has 0 unspecified atom stereocenters. The molecular formula is C27H32FN7O2. The lowest BCUT2D eigenvalue weighted by molar-refractivity contribution is -0.0332. The molecule has 0 aliphatic carbocycles. The van der Waals surface area contributed by atoms with E-state index in [0.29, 0.717) is 49.6 Å². The third kappa shape index (κ3) is 5.48. The molecule has 1 fully saturated rings. The zero-order valence-electron chi connectivity index (χ0n) is 21.3. The molecule has 4 aromatic rings. The molecule has 4 heterocycles. The number of piperidine rings is 1. The Balaban J connectivity index is 1.36. The molecule has 3 aromatic heterocycles. The number of imidazole rings is 1. The Labute approximate surface area is 215 Å². The van der Waals surface area contributed by atoms with E-state index >= 15 is 0 Å². The normalized spacial score (nSPS) is 19.9. The second kappa shape index (κ2) is 10.3. The topological polar surface area (TPSA) is 101 Å². The van der Waals surface area contributed by atoms with Gasteiger partial charge in [0, 0.05) is 36.7 Å². The van der Waals surface area contributed by atoms with Crippen LogP contribution in [-0.2, 0) is 6.54 Å². The SMILES string of the molecule is CC(C)c1ccc(OCCn2ccnc2)c2cnc(Nc3ccnc(N4CC[C@](C)(O)[C@H](F)C4)n3)cc12. The van der Waals surface area contributed by atoms with E-state index in [0.717, 1.165) is 16.5 Å². The van der Waals surface area contributed by atoms with E-state index in [9.17, 15) is 9.50 Å². The van der Waals surface area contributed by atoms with Crippen molar-refractivity contribution in [1.82, 2.24) is 24.5 Å². The number of fused-ring (bicyclic) bond motifs is 1. The number of aliphatic hydroxyl groups is 1. The first kappa shape index (κ1) is 24.9. The minimum absolute atomic E-state index is 0.0477. The van der Waals surface area contributed by atoms with E-state index in [2.05, 4.69) is 45.2 Å².